The first kappa shape index (κ1) is 18.4. The number of methoxy groups -OCH3 is 1. The summed E-state index contributed by atoms with van der Waals surface area (Å²) in [7, 11) is 1.56. The second-order valence-electron chi connectivity index (χ2n) is 5.51. The first-order valence-electron chi connectivity index (χ1n) is 7.59. The summed E-state index contributed by atoms with van der Waals surface area (Å²) in [6, 6.07) is 9.56. The van der Waals surface area contributed by atoms with E-state index < -0.39 is 23.4 Å². The summed E-state index contributed by atoms with van der Waals surface area (Å²) >= 11 is 0. The van der Waals surface area contributed by atoms with Gasteiger partial charge in [0.05, 0.1) is 12.8 Å². The fraction of sp³-hybridized carbons (Fsp3) is 0.222. The molecule has 5 nitrogen and oxygen atoms in total. The van der Waals surface area contributed by atoms with Crippen LogP contribution in [0.25, 0.3) is 0 Å². The molecule has 2 N–H and O–H groups in total. The normalized spacial score (nSPS) is 11.5. The molecule has 0 saturated heterocycles. The smallest absolute Gasteiger partial charge is 0.313 e. The average Bonchev–Trinajstić information content (AvgIpc) is 2.58. The fourth-order valence-electron chi connectivity index (χ4n) is 2.27. The number of nitrogens with one attached hydrogen (secondary N) is 2. The Labute approximate surface area is 144 Å². The van der Waals surface area contributed by atoms with Crippen molar-refractivity contribution in [1.82, 2.24) is 5.32 Å². The van der Waals surface area contributed by atoms with Crippen molar-refractivity contribution in [3.63, 3.8) is 0 Å². The van der Waals surface area contributed by atoms with Gasteiger partial charge in [-0.15, -0.1) is 0 Å². The molecule has 0 aromatic heterocycles. The van der Waals surface area contributed by atoms with E-state index in [2.05, 4.69) is 10.6 Å². The Morgan fingerprint density at radius 2 is 1.88 bits per heavy atom. The van der Waals surface area contributed by atoms with E-state index in [1.165, 1.54) is 0 Å². The van der Waals surface area contributed by atoms with Gasteiger partial charge in [0.25, 0.3) is 0 Å². The zero-order valence-electron chi connectivity index (χ0n) is 13.8. The highest BCUT2D eigenvalue weighted by Gasteiger charge is 2.18. The average molecular weight is 348 g/mol. The summed E-state index contributed by atoms with van der Waals surface area (Å²) in [6.07, 6.45) is 0.477. The minimum absolute atomic E-state index is 0.345. The number of anilines is 1. The second kappa shape index (κ2) is 8.23. The first-order valence-corrected chi connectivity index (χ1v) is 7.59. The first-order chi connectivity index (χ1) is 11.9. The Morgan fingerprint density at radius 3 is 2.60 bits per heavy atom. The van der Waals surface area contributed by atoms with Crippen molar-refractivity contribution in [2.24, 2.45) is 0 Å². The number of ether oxygens (including phenoxy) is 1. The molecule has 0 spiro atoms. The molecule has 2 aromatic carbocycles. The van der Waals surface area contributed by atoms with Gasteiger partial charge < -0.3 is 15.4 Å². The third kappa shape index (κ3) is 5.27. The van der Waals surface area contributed by atoms with Gasteiger partial charge in [-0.05, 0) is 43.2 Å². The van der Waals surface area contributed by atoms with Crippen LogP contribution in [0.2, 0.25) is 0 Å². The fourth-order valence-corrected chi connectivity index (χ4v) is 2.27. The van der Waals surface area contributed by atoms with E-state index in [9.17, 15) is 18.4 Å². The molecule has 0 aliphatic carbocycles. The van der Waals surface area contributed by atoms with Crippen LogP contribution in [0.15, 0.2) is 42.5 Å². The van der Waals surface area contributed by atoms with Crippen molar-refractivity contribution in [2.75, 3.05) is 12.4 Å². The lowest BCUT2D eigenvalue weighted by molar-refractivity contribution is -0.136. The number of hydrogen-bond acceptors (Lipinski definition) is 3. The zero-order valence-corrected chi connectivity index (χ0v) is 13.8. The molecule has 0 bridgehead atoms. The molecule has 0 radical (unpaired) electrons. The number of rotatable bonds is 5. The predicted molar refractivity (Wildman–Crippen MR) is 89.3 cm³/mol. The van der Waals surface area contributed by atoms with Gasteiger partial charge in [-0.3, -0.25) is 9.59 Å². The molecule has 7 heteroatoms. The van der Waals surface area contributed by atoms with Crippen molar-refractivity contribution in [2.45, 2.75) is 19.4 Å². The quantitative estimate of drug-likeness (QED) is 0.817. The highest BCUT2D eigenvalue weighted by atomic mass is 19.1. The van der Waals surface area contributed by atoms with Crippen LogP contribution in [-0.2, 0) is 16.0 Å². The van der Waals surface area contributed by atoms with Gasteiger partial charge in [-0.1, -0.05) is 12.1 Å². The highest BCUT2D eigenvalue weighted by Crippen LogP contribution is 2.15. The van der Waals surface area contributed by atoms with Crippen LogP contribution in [0, 0.1) is 11.6 Å². The molecule has 0 aliphatic rings. The maximum Gasteiger partial charge on any atom is 0.313 e. The van der Waals surface area contributed by atoms with Gasteiger partial charge in [0.15, 0.2) is 0 Å². The maximum atomic E-state index is 13.5. The van der Waals surface area contributed by atoms with Gasteiger partial charge in [-0.2, -0.15) is 0 Å². The second-order valence-corrected chi connectivity index (χ2v) is 5.51. The van der Waals surface area contributed by atoms with Gasteiger partial charge in [-0.25, -0.2) is 8.78 Å². The van der Waals surface area contributed by atoms with Crippen molar-refractivity contribution in [3.8, 4) is 5.75 Å². The highest BCUT2D eigenvalue weighted by molar-refractivity contribution is 6.39. The van der Waals surface area contributed by atoms with Crippen LogP contribution in [0.1, 0.15) is 12.5 Å². The van der Waals surface area contributed by atoms with Crippen molar-refractivity contribution in [1.29, 1.82) is 0 Å². The van der Waals surface area contributed by atoms with Crippen LogP contribution in [0.4, 0.5) is 14.5 Å². The lowest BCUT2D eigenvalue weighted by atomic mass is 10.1. The van der Waals surface area contributed by atoms with Crippen molar-refractivity contribution < 1.29 is 23.1 Å². The third-order valence-corrected chi connectivity index (χ3v) is 3.44. The Hall–Kier alpha value is -2.96. The molecule has 2 rings (SSSR count). The Morgan fingerprint density at radius 1 is 1.12 bits per heavy atom. The van der Waals surface area contributed by atoms with Crippen LogP contribution in [0.5, 0.6) is 5.75 Å². The van der Waals surface area contributed by atoms with Gasteiger partial charge in [0.2, 0.25) is 0 Å². The lowest BCUT2D eigenvalue weighted by Crippen LogP contribution is -2.41. The van der Waals surface area contributed by atoms with E-state index in [1.54, 1.807) is 20.1 Å². The van der Waals surface area contributed by atoms with Gasteiger partial charge >= 0.3 is 11.8 Å². The SMILES string of the molecule is COc1cccc(C[C@H](C)NC(=O)C(=O)Nc2cc(F)ccc2F)c1. The van der Waals surface area contributed by atoms with E-state index >= 15 is 0 Å². The molecule has 0 saturated carbocycles. The molecular formula is C18H18F2N2O3. The number of halogens is 2. The van der Waals surface area contributed by atoms with E-state index in [0.717, 1.165) is 23.8 Å². The van der Waals surface area contributed by atoms with E-state index in [-0.39, 0.29) is 11.7 Å². The summed E-state index contributed by atoms with van der Waals surface area (Å²) in [6.45, 7) is 1.73. The number of carbonyl (C=O) groups is 2. The van der Waals surface area contributed by atoms with E-state index in [1.807, 2.05) is 18.2 Å². The summed E-state index contributed by atoms with van der Waals surface area (Å²) in [5.41, 5.74) is 0.532. The molecule has 2 aromatic rings. The van der Waals surface area contributed by atoms with Crippen LogP contribution < -0.4 is 15.4 Å². The molecule has 25 heavy (non-hydrogen) atoms. The Kier molecular flexibility index (Phi) is 6.05. The van der Waals surface area contributed by atoms with E-state index in [4.69, 9.17) is 4.74 Å². The molecule has 0 fully saturated rings. The number of carbonyl (C=O) groups excluding carboxylic acids is 2. The standard InChI is InChI=1S/C18H18F2N2O3/c1-11(8-12-4-3-5-14(9-12)25-2)21-17(23)18(24)22-16-10-13(19)6-7-15(16)20/h3-7,9-11H,8H2,1-2H3,(H,21,23)(H,22,24)/t11-/m0/s1. The maximum absolute atomic E-state index is 13.5. The monoisotopic (exact) mass is 348 g/mol. The molecule has 2 amide bonds. The summed E-state index contributed by atoms with van der Waals surface area (Å²) in [5, 5.41) is 4.56. The minimum atomic E-state index is -1.07. The number of amides is 2. The predicted octanol–water partition coefficient (Wildman–Crippen LogP) is 2.66. The van der Waals surface area contributed by atoms with Crippen LogP contribution >= 0.6 is 0 Å². The molecule has 0 unspecified atom stereocenters. The molecular weight excluding hydrogens is 330 g/mol. The van der Waals surface area contributed by atoms with E-state index in [0.29, 0.717) is 12.2 Å². The Balaban J connectivity index is 1.93. The van der Waals surface area contributed by atoms with Gasteiger partial charge in [0.1, 0.15) is 17.4 Å². The summed E-state index contributed by atoms with van der Waals surface area (Å²) < 4.78 is 31.7. The minimum Gasteiger partial charge on any atom is -0.497 e. The Bertz CT molecular complexity index is 781. The van der Waals surface area contributed by atoms with Gasteiger partial charge in [0, 0.05) is 12.1 Å². The van der Waals surface area contributed by atoms with Crippen molar-refractivity contribution >= 4 is 17.5 Å². The number of hydrogen-bond donors (Lipinski definition) is 2. The zero-order chi connectivity index (χ0) is 18.4. The summed E-state index contributed by atoms with van der Waals surface area (Å²) in [4.78, 5) is 23.7. The van der Waals surface area contributed by atoms with Crippen LogP contribution in [0.3, 0.4) is 0 Å². The molecule has 0 heterocycles. The topological polar surface area (TPSA) is 67.4 Å². The number of benzene rings is 2. The molecule has 1 atom stereocenters. The third-order valence-electron chi connectivity index (χ3n) is 3.44. The summed E-state index contributed by atoms with van der Waals surface area (Å²) in [5.74, 6) is -2.85. The lowest BCUT2D eigenvalue weighted by Gasteiger charge is -2.14. The largest absolute Gasteiger partial charge is 0.497 e. The molecule has 0 aliphatic heterocycles. The van der Waals surface area contributed by atoms with Crippen LogP contribution in [-0.4, -0.2) is 25.0 Å². The molecule has 132 valence electrons. The van der Waals surface area contributed by atoms with Crippen molar-refractivity contribution in [3.05, 3.63) is 59.7 Å².